The van der Waals surface area contributed by atoms with Crippen molar-refractivity contribution in [2.45, 2.75) is 121 Å². The zero-order valence-corrected chi connectivity index (χ0v) is 42.6. The fraction of sp³-hybridized carbons (Fsp3) is 0.552. The van der Waals surface area contributed by atoms with Gasteiger partial charge in [0.25, 0.3) is 11.8 Å². The molecule has 8 aliphatic rings. The molecule has 17 heteroatoms. The molecule has 3 aromatic carbocycles. The number of carbonyl (C=O) groups excluding carboxylic acids is 3. The third-order valence-electron chi connectivity index (χ3n) is 18.8. The molecule has 3 N–H and O–H groups in total. The molecule has 2 aromatic heterocycles. The zero-order valence-electron chi connectivity index (χ0n) is 42.6. The number of alkyl halides is 2. The molecule has 0 radical (unpaired) electrons. The lowest BCUT2D eigenvalue weighted by Gasteiger charge is -2.55. The number of nitrogens with zero attached hydrogens (tertiary/aromatic N) is 7. The Balaban J connectivity index is 0.643. The van der Waals surface area contributed by atoms with Gasteiger partial charge in [-0.25, -0.2) is 13.2 Å². The van der Waals surface area contributed by atoms with Crippen molar-refractivity contribution in [1.82, 2.24) is 35.4 Å². The summed E-state index contributed by atoms with van der Waals surface area (Å²) >= 11 is 0. The molecular formula is C58H66F3N9O5. The quantitative estimate of drug-likeness (QED) is 0.0970. The number of hydrogen-bond acceptors (Lipinski definition) is 12. The number of imide groups is 1. The van der Waals surface area contributed by atoms with E-state index in [2.05, 4.69) is 32.3 Å². The summed E-state index contributed by atoms with van der Waals surface area (Å²) in [6.45, 7) is 7.81. The molecule has 4 unspecified atom stereocenters. The molecule has 5 saturated heterocycles. The van der Waals surface area contributed by atoms with E-state index in [9.17, 15) is 19.5 Å². The number of amides is 3. The van der Waals surface area contributed by atoms with Gasteiger partial charge in [-0.3, -0.25) is 24.7 Å². The molecule has 5 aromatic rings. The van der Waals surface area contributed by atoms with E-state index in [0.717, 1.165) is 105 Å². The van der Waals surface area contributed by atoms with Crippen LogP contribution in [0.1, 0.15) is 105 Å². The maximum Gasteiger partial charge on any atom is 0.319 e. The Morgan fingerprint density at radius 2 is 1.65 bits per heavy atom. The summed E-state index contributed by atoms with van der Waals surface area (Å²) in [4.78, 5) is 60.4. The van der Waals surface area contributed by atoms with Crippen molar-refractivity contribution >= 4 is 50.9 Å². The average Bonchev–Trinajstić information content (AvgIpc) is 4.13. The van der Waals surface area contributed by atoms with E-state index in [1.165, 1.54) is 4.90 Å². The number of aromatic nitrogens is 3. The van der Waals surface area contributed by atoms with Gasteiger partial charge in [-0.05, 0) is 154 Å². The summed E-state index contributed by atoms with van der Waals surface area (Å²) in [6, 6.07) is 14.9. The Labute approximate surface area is 434 Å². The lowest BCUT2D eigenvalue weighted by Crippen LogP contribution is -2.55. The highest BCUT2D eigenvalue weighted by atomic mass is 19.3. The van der Waals surface area contributed by atoms with E-state index in [1.807, 2.05) is 30.3 Å². The van der Waals surface area contributed by atoms with Gasteiger partial charge >= 0.3 is 6.01 Å². The minimum absolute atomic E-state index is 0.0349. The van der Waals surface area contributed by atoms with Crippen LogP contribution in [0.3, 0.4) is 0 Å². The Bertz CT molecular complexity index is 3080. The number of likely N-dealkylation sites (tertiary alicyclic amines) is 1. The number of halogens is 3. The van der Waals surface area contributed by atoms with Crippen LogP contribution in [0.2, 0.25) is 0 Å². The van der Waals surface area contributed by atoms with Gasteiger partial charge in [-0.2, -0.15) is 9.97 Å². The summed E-state index contributed by atoms with van der Waals surface area (Å²) in [6.07, 6.45) is 11.0. The first-order valence-corrected chi connectivity index (χ1v) is 27.7. The van der Waals surface area contributed by atoms with Crippen LogP contribution in [-0.4, -0.2) is 124 Å². The number of phenolic OH excluding ortho intramolecular Hbond substituents is 1. The Hall–Kier alpha value is -6.07. The number of pyridine rings is 1. The van der Waals surface area contributed by atoms with Gasteiger partial charge < -0.3 is 34.8 Å². The average molecular weight is 1030 g/mol. The third kappa shape index (κ3) is 8.92. The van der Waals surface area contributed by atoms with Crippen molar-refractivity contribution in [3.05, 3.63) is 77.2 Å². The fourth-order valence-corrected chi connectivity index (χ4v) is 14.4. The van der Waals surface area contributed by atoms with E-state index in [1.54, 1.807) is 24.4 Å². The second kappa shape index (κ2) is 18.9. The van der Waals surface area contributed by atoms with E-state index in [-0.39, 0.29) is 59.1 Å². The van der Waals surface area contributed by atoms with E-state index < -0.39 is 35.5 Å². The molecule has 13 rings (SSSR count). The van der Waals surface area contributed by atoms with Crippen molar-refractivity contribution in [1.29, 1.82) is 0 Å². The molecule has 3 amide bonds. The number of anilines is 2. The summed E-state index contributed by atoms with van der Waals surface area (Å²) in [5.41, 5.74) is 4.04. The molecule has 4 atom stereocenters. The van der Waals surface area contributed by atoms with Crippen molar-refractivity contribution < 1.29 is 37.4 Å². The lowest BCUT2D eigenvalue weighted by molar-refractivity contribution is -0.183. The maximum atomic E-state index is 17.3. The number of fused-ring (bicyclic) bond motifs is 5. The van der Waals surface area contributed by atoms with Gasteiger partial charge in [0.15, 0.2) is 5.82 Å². The second-order valence-electron chi connectivity index (χ2n) is 23.4. The number of rotatable bonds is 13. The van der Waals surface area contributed by atoms with Crippen LogP contribution in [0, 0.1) is 34.9 Å². The summed E-state index contributed by atoms with van der Waals surface area (Å²) in [5.74, 6) is -4.20. The lowest BCUT2D eigenvalue weighted by atomic mass is 9.54. The Morgan fingerprint density at radius 1 is 0.880 bits per heavy atom. The Kier molecular flexibility index (Phi) is 12.2. The molecule has 75 heavy (non-hydrogen) atoms. The number of phenols is 1. The topological polar surface area (TPSA) is 156 Å². The highest BCUT2D eigenvalue weighted by molar-refractivity contribution is 6.06. The van der Waals surface area contributed by atoms with Crippen LogP contribution < -0.4 is 25.2 Å². The van der Waals surface area contributed by atoms with Gasteiger partial charge in [0, 0.05) is 98.5 Å². The minimum atomic E-state index is -2.73. The van der Waals surface area contributed by atoms with Crippen LogP contribution in [0.4, 0.5) is 24.7 Å². The molecule has 1 spiro atoms. The van der Waals surface area contributed by atoms with Crippen LogP contribution in [0.15, 0.2) is 54.7 Å². The number of aryl methyl sites for hydroxylation is 1. The first-order chi connectivity index (χ1) is 36.3. The molecule has 7 fully saturated rings. The van der Waals surface area contributed by atoms with Gasteiger partial charge in [0.2, 0.25) is 11.8 Å². The predicted molar refractivity (Wildman–Crippen MR) is 278 cm³/mol. The summed E-state index contributed by atoms with van der Waals surface area (Å²) < 4.78 is 56.6. The van der Waals surface area contributed by atoms with Crippen molar-refractivity contribution in [3.8, 4) is 23.0 Å². The van der Waals surface area contributed by atoms with Crippen molar-refractivity contribution in [3.63, 3.8) is 0 Å². The molecular weight excluding hydrogens is 960 g/mol. The number of carbonyl (C=O) groups is 3. The molecule has 2 aliphatic carbocycles. The van der Waals surface area contributed by atoms with E-state index in [4.69, 9.17) is 19.7 Å². The maximum absolute atomic E-state index is 17.3. The number of piperazine rings is 1. The minimum Gasteiger partial charge on any atom is -0.508 e. The predicted octanol–water partition coefficient (Wildman–Crippen LogP) is 8.40. The van der Waals surface area contributed by atoms with Crippen LogP contribution in [0.5, 0.6) is 11.8 Å². The van der Waals surface area contributed by atoms with E-state index >= 15 is 13.2 Å². The SMILES string of the molecule is CCc1cccc2cc(O)cc(-c3ncc4c(N5CC6CCC(C5)N6)nc(OCC(CN5CCC6(CC5)CC(C(F)(F)C5CCN(c7ccc8c(c7)CN(C7CCC(=O)NC7=O)C8=O)CC5)C6)C5CC5)nc4c3F)c12. The molecule has 6 aliphatic heterocycles. The fourth-order valence-electron chi connectivity index (χ4n) is 14.4. The van der Waals surface area contributed by atoms with Gasteiger partial charge in [-0.15, -0.1) is 0 Å². The molecule has 394 valence electrons. The smallest absolute Gasteiger partial charge is 0.319 e. The second-order valence-corrected chi connectivity index (χ2v) is 23.4. The van der Waals surface area contributed by atoms with Crippen molar-refractivity contribution in [2.24, 2.45) is 29.1 Å². The number of aromatic hydroxyl groups is 1. The largest absolute Gasteiger partial charge is 0.508 e. The normalized spacial score (nSPS) is 24.8. The molecule has 8 heterocycles. The monoisotopic (exact) mass is 1030 g/mol. The summed E-state index contributed by atoms with van der Waals surface area (Å²) in [7, 11) is 0. The zero-order chi connectivity index (χ0) is 51.3. The van der Waals surface area contributed by atoms with Gasteiger partial charge in [0.1, 0.15) is 28.8 Å². The number of hydrogen-bond donors (Lipinski definition) is 3. The van der Waals surface area contributed by atoms with Gasteiger partial charge in [0.05, 0.1) is 12.0 Å². The highest BCUT2D eigenvalue weighted by Crippen LogP contribution is 2.60. The van der Waals surface area contributed by atoms with Gasteiger partial charge in [-0.1, -0.05) is 25.1 Å². The van der Waals surface area contributed by atoms with Crippen LogP contribution in [-0.2, 0) is 22.6 Å². The number of benzene rings is 3. The van der Waals surface area contributed by atoms with E-state index in [0.29, 0.717) is 92.1 Å². The molecule has 2 bridgehead atoms. The standard InChI is InChI=1S/C58H66F3N9O5/c1-2-33-4-3-5-35-23-43(71)24-45(49(33)35)51-50(59)52-46(27-62-51)53(69-30-40-8-9-41(31-69)63-40)66-56(65-52)75-32-37(34-6-7-34)28-67-20-16-57(17-21-67)25-39(26-57)58(60,61)38-14-18-68(19-15-38)42-10-11-44-36(22-42)29-70(55(44)74)47-12-13-48(72)64-54(47)73/h3-5,10-11,22-24,27,34,37-41,47,63,71H,2,6-9,12-21,25-26,28-32H2,1H3,(H,64,72,73). The molecule has 2 saturated carbocycles. The van der Waals surface area contributed by atoms with Crippen LogP contribution in [0.25, 0.3) is 32.9 Å². The first-order valence-electron chi connectivity index (χ1n) is 27.7. The number of ether oxygens (including phenoxy) is 1. The number of piperidine rings is 3. The Morgan fingerprint density at radius 3 is 2.39 bits per heavy atom. The first kappa shape index (κ1) is 48.6. The highest BCUT2D eigenvalue weighted by Gasteiger charge is 2.58. The third-order valence-corrected chi connectivity index (χ3v) is 18.8. The summed E-state index contributed by atoms with van der Waals surface area (Å²) in [5, 5.41) is 19.0. The number of nitrogens with one attached hydrogen (secondary N) is 2. The van der Waals surface area contributed by atoms with Crippen molar-refractivity contribution in [2.75, 3.05) is 62.2 Å². The molecule has 14 nitrogen and oxygen atoms in total. The van der Waals surface area contributed by atoms with Crippen LogP contribution >= 0.6 is 0 Å².